The van der Waals surface area contributed by atoms with Gasteiger partial charge in [-0.15, -0.1) is 0 Å². The van der Waals surface area contributed by atoms with Gasteiger partial charge in [0.2, 0.25) is 6.10 Å². The fourth-order valence-electron chi connectivity index (χ4n) is 1.90. The third kappa shape index (κ3) is 2.25. The van der Waals surface area contributed by atoms with Crippen LogP contribution in [0.3, 0.4) is 0 Å². The van der Waals surface area contributed by atoms with Gasteiger partial charge in [0.05, 0.1) is 0 Å². The fourth-order valence-corrected chi connectivity index (χ4v) is 1.90. The van der Waals surface area contributed by atoms with Gasteiger partial charge in [0, 0.05) is 0 Å². The highest BCUT2D eigenvalue weighted by molar-refractivity contribution is 5.72. The molecule has 1 aliphatic heterocycles. The number of benzene rings is 1. The lowest BCUT2D eigenvalue weighted by Crippen LogP contribution is -2.47. The molecule has 0 fully saturated rings. The molecule has 1 aromatic carbocycles. The minimum absolute atomic E-state index is 0.128. The largest absolute Gasteiger partial charge is 0.481 e. The van der Waals surface area contributed by atoms with Gasteiger partial charge in [0.15, 0.2) is 0 Å². The van der Waals surface area contributed by atoms with E-state index >= 15 is 0 Å². The summed E-state index contributed by atoms with van der Waals surface area (Å²) in [5, 5.41) is 8.79. The van der Waals surface area contributed by atoms with Gasteiger partial charge in [0.1, 0.15) is 17.5 Å². The van der Waals surface area contributed by atoms with Gasteiger partial charge >= 0.3 is 12.1 Å². The normalized spacial score (nSPS) is 23.1. The second-order valence-corrected chi connectivity index (χ2v) is 3.98. The van der Waals surface area contributed by atoms with Crippen LogP contribution in [0.1, 0.15) is 5.56 Å². The van der Waals surface area contributed by atoms with Gasteiger partial charge < -0.3 is 9.84 Å². The Morgan fingerprint density at radius 2 is 2.06 bits per heavy atom. The first-order valence-corrected chi connectivity index (χ1v) is 5.03. The van der Waals surface area contributed by atoms with Crippen LogP contribution in [0.4, 0.5) is 17.6 Å². The van der Waals surface area contributed by atoms with Crippen LogP contribution in [0, 0.1) is 11.7 Å². The van der Waals surface area contributed by atoms with Crippen LogP contribution in [-0.2, 0) is 11.2 Å². The molecule has 98 valence electrons. The number of hydrogen-bond acceptors (Lipinski definition) is 2. The molecule has 2 rings (SSSR count). The molecule has 1 aliphatic rings. The van der Waals surface area contributed by atoms with E-state index in [-0.39, 0.29) is 11.3 Å². The molecule has 0 aliphatic carbocycles. The maximum absolute atomic E-state index is 12.9. The van der Waals surface area contributed by atoms with Crippen molar-refractivity contribution in [2.24, 2.45) is 5.92 Å². The summed E-state index contributed by atoms with van der Waals surface area (Å²) < 4.78 is 55.6. The quantitative estimate of drug-likeness (QED) is 0.792. The lowest BCUT2D eigenvalue weighted by atomic mass is 9.90. The minimum Gasteiger partial charge on any atom is -0.481 e. The Morgan fingerprint density at radius 1 is 1.39 bits per heavy atom. The van der Waals surface area contributed by atoms with Crippen molar-refractivity contribution in [2.45, 2.75) is 18.7 Å². The second-order valence-electron chi connectivity index (χ2n) is 3.98. The summed E-state index contributed by atoms with van der Waals surface area (Å²) in [6.45, 7) is 0. The molecule has 7 heteroatoms. The first-order chi connectivity index (χ1) is 8.29. The van der Waals surface area contributed by atoms with Crippen molar-refractivity contribution in [3.8, 4) is 5.75 Å². The Kier molecular flexibility index (Phi) is 2.92. The van der Waals surface area contributed by atoms with Crippen LogP contribution < -0.4 is 4.74 Å². The minimum atomic E-state index is -4.78. The zero-order chi connectivity index (χ0) is 13.5. The fraction of sp³-hybridized carbons (Fsp3) is 0.364. The second kappa shape index (κ2) is 4.15. The van der Waals surface area contributed by atoms with Crippen LogP contribution in [0.5, 0.6) is 5.75 Å². The lowest BCUT2D eigenvalue weighted by molar-refractivity contribution is -0.217. The molecule has 0 saturated heterocycles. The van der Waals surface area contributed by atoms with Crippen molar-refractivity contribution in [3.63, 3.8) is 0 Å². The first-order valence-electron chi connectivity index (χ1n) is 5.03. The van der Waals surface area contributed by atoms with Gasteiger partial charge in [-0.05, 0) is 30.2 Å². The number of carboxylic acid groups (broad SMARTS) is 1. The van der Waals surface area contributed by atoms with Crippen molar-refractivity contribution in [1.82, 2.24) is 0 Å². The van der Waals surface area contributed by atoms with Gasteiger partial charge in [-0.1, -0.05) is 0 Å². The summed E-state index contributed by atoms with van der Waals surface area (Å²) in [7, 11) is 0. The average Bonchev–Trinajstić information content (AvgIpc) is 2.25. The molecule has 3 nitrogen and oxygen atoms in total. The highest BCUT2D eigenvalue weighted by Crippen LogP contribution is 2.38. The Bertz CT molecular complexity index is 484. The Labute approximate surface area is 99.0 Å². The van der Waals surface area contributed by atoms with Crippen LogP contribution >= 0.6 is 0 Å². The van der Waals surface area contributed by atoms with E-state index < -0.39 is 36.4 Å². The molecule has 0 saturated carbocycles. The van der Waals surface area contributed by atoms with Crippen molar-refractivity contribution >= 4 is 5.97 Å². The van der Waals surface area contributed by atoms with Gasteiger partial charge in [-0.2, -0.15) is 13.2 Å². The number of hydrogen-bond donors (Lipinski definition) is 1. The monoisotopic (exact) mass is 264 g/mol. The number of fused-ring (bicyclic) bond motifs is 1. The maximum atomic E-state index is 12.9. The molecule has 0 radical (unpaired) electrons. The zero-order valence-corrected chi connectivity index (χ0v) is 8.87. The lowest BCUT2D eigenvalue weighted by Gasteiger charge is -2.32. The highest BCUT2D eigenvalue weighted by Gasteiger charge is 2.52. The molecule has 0 unspecified atom stereocenters. The molecule has 0 bridgehead atoms. The summed E-state index contributed by atoms with van der Waals surface area (Å²) in [4.78, 5) is 10.8. The van der Waals surface area contributed by atoms with E-state index in [0.29, 0.717) is 0 Å². The molecule has 18 heavy (non-hydrogen) atoms. The van der Waals surface area contributed by atoms with E-state index in [4.69, 9.17) is 5.11 Å². The number of carboxylic acids is 1. The summed E-state index contributed by atoms with van der Waals surface area (Å²) >= 11 is 0. The van der Waals surface area contributed by atoms with E-state index in [1.807, 2.05) is 0 Å². The number of aliphatic carboxylic acids is 1. The average molecular weight is 264 g/mol. The maximum Gasteiger partial charge on any atom is 0.426 e. The number of rotatable bonds is 1. The smallest absolute Gasteiger partial charge is 0.426 e. The summed E-state index contributed by atoms with van der Waals surface area (Å²) in [6, 6.07) is 3.02. The SMILES string of the molecule is O=C(O)[C@H]1Cc2cc(F)ccc2O[C@@H]1C(F)(F)F. The molecule has 0 amide bonds. The van der Waals surface area contributed by atoms with Crippen LogP contribution in [0.25, 0.3) is 0 Å². The number of alkyl halides is 3. The van der Waals surface area contributed by atoms with Crippen molar-refractivity contribution < 1.29 is 32.2 Å². The molecule has 1 N–H and O–H groups in total. The predicted molar refractivity (Wildman–Crippen MR) is 51.7 cm³/mol. The van der Waals surface area contributed by atoms with E-state index in [2.05, 4.69) is 4.74 Å². The Hall–Kier alpha value is -1.79. The molecule has 2 atom stereocenters. The predicted octanol–water partition coefficient (Wildman–Crippen LogP) is 2.39. The Balaban J connectivity index is 2.40. The van der Waals surface area contributed by atoms with Crippen LogP contribution in [-0.4, -0.2) is 23.4 Å². The standard InChI is InChI=1S/C11H8F4O3/c12-6-1-2-8-5(3-6)4-7(10(16)17)9(18-8)11(13,14)15/h1-3,7,9H,4H2,(H,16,17)/t7-,9-/m0/s1. The van der Waals surface area contributed by atoms with E-state index in [1.165, 1.54) is 0 Å². The summed E-state index contributed by atoms with van der Waals surface area (Å²) in [5.41, 5.74) is 0.128. The van der Waals surface area contributed by atoms with E-state index in [9.17, 15) is 22.4 Å². The molecular weight excluding hydrogens is 256 g/mol. The highest BCUT2D eigenvalue weighted by atomic mass is 19.4. The van der Waals surface area contributed by atoms with Gasteiger partial charge in [0.25, 0.3) is 0 Å². The van der Waals surface area contributed by atoms with Crippen molar-refractivity contribution in [3.05, 3.63) is 29.6 Å². The molecule has 1 aromatic rings. The first kappa shape index (κ1) is 12.7. The number of carbonyl (C=O) groups is 1. The number of halogens is 4. The summed E-state index contributed by atoms with van der Waals surface area (Å²) in [6.07, 6.45) is -7.60. The summed E-state index contributed by atoms with van der Waals surface area (Å²) in [5.74, 6) is -4.16. The topological polar surface area (TPSA) is 46.5 Å². The van der Waals surface area contributed by atoms with Crippen molar-refractivity contribution in [1.29, 1.82) is 0 Å². The third-order valence-electron chi connectivity index (χ3n) is 2.72. The van der Waals surface area contributed by atoms with Gasteiger partial charge in [-0.3, -0.25) is 4.79 Å². The van der Waals surface area contributed by atoms with E-state index in [0.717, 1.165) is 18.2 Å². The Morgan fingerprint density at radius 3 is 2.61 bits per heavy atom. The zero-order valence-electron chi connectivity index (χ0n) is 8.87. The van der Waals surface area contributed by atoms with Crippen LogP contribution in [0.2, 0.25) is 0 Å². The molecule has 0 aromatic heterocycles. The van der Waals surface area contributed by atoms with E-state index in [1.54, 1.807) is 0 Å². The van der Waals surface area contributed by atoms with Crippen molar-refractivity contribution in [2.75, 3.05) is 0 Å². The molecule has 1 heterocycles. The van der Waals surface area contributed by atoms with Crippen LogP contribution in [0.15, 0.2) is 18.2 Å². The molecule has 0 spiro atoms. The molecular formula is C11H8F4O3. The number of ether oxygens (including phenoxy) is 1. The third-order valence-corrected chi connectivity index (χ3v) is 2.72. The van der Waals surface area contributed by atoms with Gasteiger partial charge in [-0.25, -0.2) is 4.39 Å².